The summed E-state index contributed by atoms with van der Waals surface area (Å²) in [5.74, 6) is -1.09. The van der Waals surface area contributed by atoms with Crippen LogP contribution in [0.5, 0.6) is 0 Å². The van der Waals surface area contributed by atoms with Crippen LogP contribution < -0.4 is 5.32 Å². The van der Waals surface area contributed by atoms with Gasteiger partial charge in [-0.05, 0) is 12.1 Å². The highest BCUT2D eigenvalue weighted by atomic mass is 16.6. The van der Waals surface area contributed by atoms with Crippen molar-refractivity contribution in [1.82, 2.24) is 0 Å². The van der Waals surface area contributed by atoms with Crippen LogP contribution in [0.4, 0.5) is 5.69 Å². The largest absolute Gasteiger partial charge is 0.478 e. The first kappa shape index (κ1) is 10.7. The summed E-state index contributed by atoms with van der Waals surface area (Å²) in [6.07, 6.45) is 1.76. The second kappa shape index (κ2) is 4.75. The predicted octanol–water partition coefficient (Wildman–Crippen LogP) is 1.54. The molecule has 0 spiro atoms. The van der Waals surface area contributed by atoms with Crippen molar-refractivity contribution in [2.24, 2.45) is 0 Å². The van der Waals surface area contributed by atoms with Gasteiger partial charge in [0.15, 0.2) is 0 Å². The summed E-state index contributed by atoms with van der Waals surface area (Å²) in [6, 6.07) is 6.14. The van der Waals surface area contributed by atoms with Gasteiger partial charge in [-0.3, -0.25) is 10.1 Å². The molecule has 0 aliphatic heterocycles. The van der Waals surface area contributed by atoms with Crippen LogP contribution in [0.15, 0.2) is 36.7 Å². The topological polar surface area (TPSA) is 92.5 Å². The molecule has 78 valence electrons. The van der Waals surface area contributed by atoms with E-state index in [4.69, 9.17) is 5.11 Å². The zero-order valence-corrected chi connectivity index (χ0v) is 7.58. The molecular weight excluding hydrogens is 200 g/mol. The first-order valence-electron chi connectivity index (χ1n) is 4.00. The number of carboxylic acid groups (broad SMARTS) is 1. The highest BCUT2D eigenvalue weighted by molar-refractivity contribution is 5.94. The van der Waals surface area contributed by atoms with E-state index >= 15 is 0 Å². The normalized spacial score (nSPS) is 10.1. The lowest BCUT2D eigenvalue weighted by molar-refractivity contribution is -0.402. The van der Waals surface area contributed by atoms with Gasteiger partial charge in [0.1, 0.15) is 0 Å². The molecule has 0 atom stereocenters. The number of nitro groups is 1. The molecule has 2 N–H and O–H groups in total. The van der Waals surface area contributed by atoms with Gasteiger partial charge in [0, 0.05) is 0 Å². The molecule has 0 bridgehead atoms. The van der Waals surface area contributed by atoms with Crippen molar-refractivity contribution < 1.29 is 14.8 Å². The van der Waals surface area contributed by atoms with Crippen LogP contribution in [0.25, 0.3) is 0 Å². The lowest BCUT2D eigenvalue weighted by atomic mass is 10.2. The lowest BCUT2D eigenvalue weighted by Crippen LogP contribution is -2.01. The molecule has 0 fully saturated rings. The molecule has 0 radical (unpaired) electrons. The van der Waals surface area contributed by atoms with Crippen molar-refractivity contribution in [2.75, 3.05) is 5.32 Å². The average molecular weight is 208 g/mol. The van der Waals surface area contributed by atoms with Crippen LogP contribution >= 0.6 is 0 Å². The van der Waals surface area contributed by atoms with Crippen molar-refractivity contribution in [3.8, 4) is 0 Å². The highest BCUT2D eigenvalue weighted by Gasteiger charge is 2.07. The zero-order chi connectivity index (χ0) is 11.3. The first-order valence-corrected chi connectivity index (χ1v) is 4.00. The van der Waals surface area contributed by atoms with Gasteiger partial charge in [-0.15, -0.1) is 0 Å². The van der Waals surface area contributed by atoms with Crippen LogP contribution in [-0.4, -0.2) is 16.0 Å². The Labute approximate surface area is 85.0 Å². The summed E-state index contributed by atoms with van der Waals surface area (Å²) in [5.41, 5.74) is 0.369. The number of carbonyl (C=O) groups is 1. The average Bonchev–Trinajstić information content (AvgIpc) is 2.17. The fraction of sp³-hybridized carbons (Fsp3) is 0. The summed E-state index contributed by atoms with van der Waals surface area (Å²) in [6.45, 7) is 0. The fourth-order valence-corrected chi connectivity index (χ4v) is 0.983. The summed E-state index contributed by atoms with van der Waals surface area (Å²) >= 11 is 0. The molecule has 0 unspecified atom stereocenters. The Morgan fingerprint density at radius 2 is 2.13 bits per heavy atom. The number of carboxylic acids is 1. The molecule has 0 aliphatic carbocycles. The highest BCUT2D eigenvalue weighted by Crippen LogP contribution is 2.14. The second-order valence-electron chi connectivity index (χ2n) is 2.60. The minimum Gasteiger partial charge on any atom is -0.478 e. The minimum atomic E-state index is -1.09. The van der Waals surface area contributed by atoms with Gasteiger partial charge in [-0.25, -0.2) is 4.79 Å². The van der Waals surface area contributed by atoms with E-state index in [-0.39, 0.29) is 5.56 Å². The maximum absolute atomic E-state index is 10.7. The molecule has 0 aromatic heterocycles. The molecule has 15 heavy (non-hydrogen) atoms. The number of anilines is 1. The number of hydrogen-bond acceptors (Lipinski definition) is 4. The van der Waals surface area contributed by atoms with E-state index in [2.05, 4.69) is 5.32 Å². The molecular formula is C9H8N2O4. The number of benzene rings is 1. The SMILES string of the molecule is O=C(O)c1ccccc1N/C=C/[N+](=O)[O-]. The quantitative estimate of drug-likeness (QED) is 0.578. The number of para-hydroxylation sites is 1. The molecule has 0 heterocycles. The van der Waals surface area contributed by atoms with E-state index in [1.807, 2.05) is 0 Å². The van der Waals surface area contributed by atoms with E-state index in [0.29, 0.717) is 11.9 Å². The Bertz CT molecular complexity index is 414. The molecule has 0 aliphatic rings. The molecule has 6 nitrogen and oxygen atoms in total. The predicted molar refractivity (Wildman–Crippen MR) is 53.2 cm³/mol. The van der Waals surface area contributed by atoms with E-state index in [1.165, 1.54) is 12.1 Å². The number of rotatable bonds is 4. The molecule has 1 rings (SSSR count). The lowest BCUT2D eigenvalue weighted by Gasteiger charge is -2.03. The van der Waals surface area contributed by atoms with Gasteiger partial charge in [0.05, 0.1) is 22.4 Å². The molecule has 6 heteroatoms. The van der Waals surface area contributed by atoms with Crippen LogP contribution in [-0.2, 0) is 0 Å². The van der Waals surface area contributed by atoms with Crippen LogP contribution in [0, 0.1) is 10.1 Å². The Kier molecular flexibility index (Phi) is 3.39. The van der Waals surface area contributed by atoms with Gasteiger partial charge in [0.2, 0.25) is 6.20 Å². The zero-order valence-electron chi connectivity index (χ0n) is 7.58. The Morgan fingerprint density at radius 1 is 1.47 bits per heavy atom. The molecule has 1 aromatic rings. The van der Waals surface area contributed by atoms with Crippen molar-refractivity contribution in [2.45, 2.75) is 0 Å². The number of aromatic carboxylic acids is 1. The van der Waals surface area contributed by atoms with E-state index in [9.17, 15) is 14.9 Å². The Balaban J connectivity index is 2.85. The third-order valence-corrected chi connectivity index (χ3v) is 1.59. The number of nitrogens with zero attached hydrogens (tertiary/aromatic N) is 1. The van der Waals surface area contributed by atoms with Crippen LogP contribution in [0.3, 0.4) is 0 Å². The monoisotopic (exact) mass is 208 g/mol. The maximum Gasteiger partial charge on any atom is 0.337 e. The minimum absolute atomic E-state index is 0.0606. The smallest absolute Gasteiger partial charge is 0.337 e. The third kappa shape index (κ3) is 3.11. The summed E-state index contributed by atoms with van der Waals surface area (Å²) < 4.78 is 0. The van der Waals surface area contributed by atoms with Crippen LogP contribution in [0.2, 0.25) is 0 Å². The van der Waals surface area contributed by atoms with Crippen LogP contribution in [0.1, 0.15) is 10.4 Å². The standard InChI is InChI=1S/C9H8N2O4/c12-9(13)7-3-1-2-4-8(7)10-5-6-11(14)15/h1-6,10H,(H,12,13)/b6-5+. The fourth-order valence-electron chi connectivity index (χ4n) is 0.983. The van der Waals surface area contributed by atoms with Gasteiger partial charge >= 0.3 is 5.97 Å². The number of nitrogens with one attached hydrogen (secondary N) is 1. The van der Waals surface area contributed by atoms with Crippen molar-refractivity contribution in [1.29, 1.82) is 0 Å². The van der Waals surface area contributed by atoms with Crippen molar-refractivity contribution in [3.05, 3.63) is 52.3 Å². The molecule has 0 saturated heterocycles. The Morgan fingerprint density at radius 3 is 2.73 bits per heavy atom. The summed E-state index contributed by atoms with van der Waals surface area (Å²) in [7, 11) is 0. The third-order valence-electron chi connectivity index (χ3n) is 1.59. The first-order chi connectivity index (χ1) is 7.11. The summed E-state index contributed by atoms with van der Waals surface area (Å²) in [4.78, 5) is 20.0. The van der Waals surface area contributed by atoms with Gasteiger partial charge in [0.25, 0.3) is 0 Å². The molecule has 0 saturated carbocycles. The summed E-state index contributed by atoms with van der Waals surface area (Å²) in [5, 5.41) is 21.3. The maximum atomic E-state index is 10.7. The van der Waals surface area contributed by atoms with Gasteiger partial charge in [-0.1, -0.05) is 12.1 Å². The van der Waals surface area contributed by atoms with E-state index in [1.54, 1.807) is 12.1 Å². The molecule has 0 amide bonds. The van der Waals surface area contributed by atoms with Gasteiger partial charge in [-0.2, -0.15) is 0 Å². The van der Waals surface area contributed by atoms with Gasteiger partial charge < -0.3 is 10.4 Å². The van der Waals surface area contributed by atoms with E-state index in [0.717, 1.165) is 6.20 Å². The number of hydrogen-bond donors (Lipinski definition) is 2. The second-order valence-corrected chi connectivity index (χ2v) is 2.60. The van der Waals surface area contributed by atoms with Crippen molar-refractivity contribution in [3.63, 3.8) is 0 Å². The van der Waals surface area contributed by atoms with Crippen molar-refractivity contribution >= 4 is 11.7 Å². The Hall–Kier alpha value is -2.37. The van der Waals surface area contributed by atoms with E-state index < -0.39 is 10.9 Å². The molecule has 1 aromatic carbocycles.